The molecule has 0 saturated carbocycles. The molecule has 1 aromatic heterocycles. The van der Waals surface area contributed by atoms with Gasteiger partial charge in [-0.05, 0) is 30.9 Å². The highest BCUT2D eigenvalue weighted by Crippen LogP contribution is 2.19. The molecule has 0 unspecified atom stereocenters. The van der Waals surface area contributed by atoms with E-state index in [-0.39, 0.29) is 11.9 Å². The van der Waals surface area contributed by atoms with E-state index in [4.69, 9.17) is 0 Å². The summed E-state index contributed by atoms with van der Waals surface area (Å²) in [6.07, 6.45) is 0.904. The minimum atomic E-state index is 0.0896. The van der Waals surface area contributed by atoms with Crippen molar-refractivity contribution in [3.05, 3.63) is 53.3 Å². The molecule has 0 spiro atoms. The van der Waals surface area contributed by atoms with Gasteiger partial charge in [-0.2, -0.15) is 5.10 Å². The van der Waals surface area contributed by atoms with E-state index >= 15 is 0 Å². The van der Waals surface area contributed by atoms with E-state index in [9.17, 15) is 4.79 Å². The number of rotatable bonds is 5. The molecule has 1 atom stereocenters. The van der Waals surface area contributed by atoms with Gasteiger partial charge in [-0.3, -0.25) is 9.48 Å². The zero-order chi connectivity index (χ0) is 17.8. The van der Waals surface area contributed by atoms with Gasteiger partial charge in [-0.15, -0.1) is 0 Å². The Hall–Kier alpha value is -2.14. The molecule has 1 N–H and O–H groups in total. The average Bonchev–Trinajstić information content (AvgIpc) is 3.04. The maximum Gasteiger partial charge on any atom is 0.272 e. The number of nitrogens with zero attached hydrogens (tertiary/aromatic N) is 3. The Bertz CT molecular complexity index is 708. The number of piperazine rings is 1. The van der Waals surface area contributed by atoms with Gasteiger partial charge < -0.3 is 10.2 Å². The van der Waals surface area contributed by atoms with Crippen LogP contribution in [0.4, 0.5) is 0 Å². The number of aromatic nitrogens is 2. The highest BCUT2D eigenvalue weighted by atomic mass is 16.2. The van der Waals surface area contributed by atoms with Crippen molar-refractivity contribution in [2.75, 3.05) is 19.6 Å². The first-order chi connectivity index (χ1) is 12.1. The molecule has 1 fully saturated rings. The summed E-state index contributed by atoms with van der Waals surface area (Å²) >= 11 is 0. The second-order valence-electron chi connectivity index (χ2n) is 7.10. The number of aryl methyl sites for hydroxylation is 1. The van der Waals surface area contributed by atoms with Crippen LogP contribution in [0.2, 0.25) is 0 Å². The van der Waals surface area contributed by atoms with Gasteiger partial charge in [0.2, 0.25) is 0 Å². The van der Waals surface area contributed by atoms with Gasteiger partial charge in [0.15, 0.2) is 0 Å². The van der Waals surface area contributed by atoms with Crippen molar-refractivity contribution < 1.29 is 4.79 Å². The Morgan fingerprint density at radius 2 is 2.08 bits per heavy atom. The third-order valence-electron chi connectivity index (χ3n) is 4.63. The maximum atomic E-state index is 13.1. The van der Waals surface area contributed by atoms with E-state index in [1.54, 1.807) is 0 Å². The standard InChI is InChI=1S/C20H28N4O/c1-4-24-19(13-17(22-24)12-15(2)3)20(25)23-11-10-21-18(14-23)16-8-6-5-7-9-16/h5-9,13,15,18,21H,4,10-12,14H2,1-3H3/t18-/m1/s1. The number of carbonyl (C=O) groups excluding carboxylic acids is 1. The second kappa shape index (κ2) is 7.83. The Labute approximate surface area is 150 Å². The molecule has 2 heterocycles. The van der Waals surface area contributed by atoms with Crippen LogP contribution in [0.3, 0.4) is 0 Å². The summed E-state index contributed by atoms with van der Waals surface area (Å²) in [6.45, 7) is 9.33. The predicted octanol–water partition coefficient (Wildman–Crippen LogP) is 2.89. The topological polar surface area (TPSA) is 50.2 Å². The molecule has 1 aromatic carbocycles. The van der Waals surface area contributed by atoms with Crippen molar-refractivity contribution in [1.82, 2.24) is 20.0 Å². The molecule has 0 aliphatic carbocycles. The third kappa shape index (κ3) is 4.10. The zero-order valence-electron chi connectivity index (χ0n) is 15.4. The van der Waals surface area contributed by atoms with Gasteiger partial charge in [-0.1, -0.05) is 44.2 Å². The lowest BCUT2D eigenvalue weighted by atomic mass is 10.0. The second-order valence-corrected chi connectivity index (χ2v) is 7.10. The number of hydrogen-bond acceptors (Lipinski definition) is 3. The Kier molecular flexibility index (Phi) is 5.53. The molecule has 5 nitrogen and oxygen atoms in total. The van der Waals surface area contributed by atoms with Crippen LogP contribution in [0.5, 0.6) is 0 Å². The van der Waals surface area contributed by atoms with Crippen LogP contribution in [0.15, 0.2) is 36.4 Å². The smallest absolute Gasteiger partial charge is 0.272 e. The van der Waals surface area contributed by atoms with Gasteiger partial charge >= 0.3 is 0 Å². The molecule has 3 rings (SSSR count). The van der Waals surface area contributed by atoms with Crippen molar-refractivity contribution in [1.29, 1.82) is 0 Å². The molecule has 1 aliphatic heterocycles. The fourth-order valence-electron chi connectivity index (χ4n) is 3.41. The van der Waals surface area contributed by atoms with Crippen LogP contribution in [-0.2, 0) is 13.0 Å². The molecular formula is C20H28N4O. The fraction of sp³-hybridized carbons (Fsp3) is 0.500. The number of hydrogen-bond donors (Lipinski definition) is 1. The number of amides is 1. The summed E-state index contributed by atoms with van der Waals surface area (Å²) in [5.74, 6) is 0.622. The lowest BCUT2D eigenvalue weighted by Crippen LogP contribution is -2.48. The first-order valence-electron chi connectivity index (χ1n) is 9.22. The summed E-state index contributed by atoms with van der Waals surface area (Å²) in [4.78, 5) is 15.0. The summed E-state index contributed by atoms with van der Waals surface area (Å²) in [6, 6.07) is 12.5. The lowest BCUT2D eigenvalue weighted by molar-refractivity contribution is 0.0690. The van der Waals surface area contributed by atoms with Crippen molar-refractivity contribution in [3.8, 4) is 0 Å². The minimum Gasteiger partial charge on any atom is -0.334 e. The first kappa shape index (κ1) is 17.7. The lowest BCUT2D eigenvalue weighted by Gasteiger charge is -2.34. The molecule has 0 bridgehead atoms. The molecule has 1 saturated heterocycles. The molecular weight excluding hydrogens is 312 g/mol. The van der Waals surface area contributed by atoms with Crippen molar-refractivity contribution in [2.45, 2.75) is 39.8 Å². The van der Waals surface area contributed by atoms with Crippen LogP contribution >= 0.6 is 0 Å². The number of benzene rings is 1. The zero-order valence-corrected chi connectivity index (χ0v) is 15.4. The van der Waals surface area contributed by atoms with Gasteiger partial charge in [0.05, 0.1) is 5.69 Å². The average molecular weight is 340 g/mol. The summed E-state index contributed by atoms with van der Waals surface area (Å²) in [5, 5.41) is 8.13. The van der Waals surface area contributed by atoms with Crippen LogP contribution in [0, 0.1) is 5.92 Å². The highest BCUT2D eigenvalue weighted by molar-refractivity contribution is 5.92. The minimum absolute atomic E-state index is 0.0896. The predicted molar refractivity (Wildman–Crippen MR) is 99.5 cm³/mol. The van der Waals surface area contributed by atoms with E-state index in [1.165, 1.54) is 5.56 Å². The van der Waals surface area contributed by atoms with Crippen LogP contribution in [-0.4, -0.2) is 40.2 Å². The van der Waals surface area contributed by atoms with Gasteiger partial charge in [0, 0.05) is 32.2 Å². The molecule has 0 radical (unpaired) electrons. The van der Waals surface area contributed by atoms with E-state index in [0.29, 0.717) is 24.7 Å². The fourth-order valence-corrected chi connectivity index (χ4v) is 3.41. The van der Waals surface area contributed by atoms with E-state index < -0.39 is 0 Å². The van der Waals surface area contributed by atoms with E-state index in [1.807, 2.05) is 40.8 Å². The Morgan fingerprint density at radius 1 is 1.32 bits per heavy atom. The Morgan fingerprint density at radius 3 is 2.76 bits per heavy atom. The van der Waals surface area contributed by atoms with E-state index in [2.05, 4.69) is 36.4 Å². The number of carbonyl (C=O) groups is 1. The SMILES string of the molecule is CCn1nc(CC(C)C)cc1C(=O)N1CCN[C@@H](c2ccccc2)C1. The van der Waals surface area contributed by atoms with Gasteiger partial charge in [0.1, 0.15) is 5.69 Å². The van der Waals surface area contributed by atoms with Gasteiger partial charge in [0.25, 0.3) is 5.91 Å². The monoisotopic (exact) mass is 340 g/mol. The Balaban J connectivity index is 1.77. The van der Waals surface area contributed by atoms with Gasteiger partial charge in [-0.25, -0.2) is 0 Å². The summed E-state index contributed by atoms with van der Waals surface area (Å²) in [5.41, 5.74) is 2.95. The molecule has 134 valence electrons. The number of nitrogens with one attached hydrogen (secondary N) is 1. The normalized spacial score (nSPS) is 17.9. The van der Waals surface area contributed by atoms with Crippen LogP contribution < -0.4 is 5.32 Å². The van der Waals surface area contributed by atoms with Crippen LogP contribution in [0.25, 0.3) is 0 Å². The molecule has 1 aliphatic rings. The quantitative estimate of drug-likeness (QED) is 0.910. The van der Waals surface area contributed by atoms with E-state index in [0.717, 1.165) is 25.2 Å². The molecule has 1 amide bonds. The molecule has 25 heavy (non-hydrogen) atoms. The first-order valence-corrected chi connectivity index (χ1v) is 9.22. The van der Waals surface area contributed by atoms with Crippen LogP contribution in [0.1, 0.15) is 48.6 Å². The third-order valence-corrected chi connectivity index (χ3v) is 4.63. The molecule has 2 aromatic rings. The van der Waals surface area contributed by atoms with Crippen molar-refractivity contribution in [2.24, 2.45) is 5.92 Å². The summed E-state index contributed by atoms with van der Waals surface area (Å²) in [7, 11) is 0. The largest absolute Gasteiger partial charge is 0.334 e. The van der Waals surface area contributed by atoms with Crippen molar-refractivity contribution >= 4 is 5.91 Å². The van der Waals surface area contributed by atoms with Crippen molar-refractivity contribution in [3.63, 3.8) is 0 Å². The summed E-state index contributed by atoms with van der Waals surface area (Å²) < 4.78 is 1.85. The highest BCUT2D eigenvalue weighted by Gasteiger charge is 2.27. The maximum absolute atomic E-state index is 13.1. The molecule has 5 heteroatoms.